The van der Waals surface area contributed by atoms with E-state index in [1.165, 1.54) is 6.42 Å². The predicted octanol–water partition coefficient (Wildman–Crippen LogP) is 3.21. The number of nitrogens with zero attached hydrogens (tertiary/aromatic N) is 4. The second-order valence-corrected chi connectivity index (χ2v) is 11.7. The Labute approximate surface area is 197 Å². The number of piperazine rings is 1. The molecule has 1 amide bonds. The largest absolute Gasteiger partial charge is 0.368 e. The second kappa shape index (κ2) is 10.3. The van der Waals surface area contributed by atoms with Crippen LogP contribution in [0.25, 0.3) is 0 Å². The van der Waals surface area contributed by atoms with Crippen LogP contribution in [-0.4, -0.2) is 80.2 Å². The van der Waals surface area contributed by atoms with E-state index in [1.807, 2.05) is 29.2 Å². The van der Waals surface area contributed by atoms with Gasteiger partial charge in [-0.15, -0.1) is 0 Å². The van der Waals surface area contributed by atoms with E-state index in [4.69, 9.17) is 11.6 Å². The number of carbonyl (C=O) groups is 1. The van der Waals surface area contributed by atoms with Crippen LogP contribution in [-0.2, 0) is 15.0 Å². The number of carbonyl (C=O) groups excluding carboxylic acids is 1. The second-order valence-electron chi connectivity index (χ2n) is 9.30. The number of anilines is 1. The van der Waals surface area contributed by atoms with Crippen LogP contribution >= 0.6 is 11.6 Å². The van der Waals surface area contributed by atoms with Crippen molar-refractivity contribution in [1.29, 1.82) is 0 Å². The van der Waals surface area contributed by atoms with Crippen LogP contribution in [0.15, 0.2) is 24.3 Å². The van der Waals surface area contributed by atoms with Crippen LogP contribution < -0.4 is 4.90 Å². The molecule has 4 rings (SSSR count). The SMILES string of the molecule is CN(C1CCCCC1)S(=O)(=O)N1CCC[C@H](C(=O)N2CCN(c3ccc(Cl)cc3)CC2)C1. The molecule has 2 aliphatic heterocycles. The van der Waals surface area contributed by atoms with E-state index in [2.05, 4.69) is 4.90 Å². The summed E-state index contributed by atoms with van der Waals surface area (Å²) in [6.45, 7) is 3.67. The fourth-order valence-corrected chi connectivity index (χ4v) is 7.07. The summed E-state index contributed by atoms with van der Waals surface area (Å²) in [5.74, 6) is -0.152. The van der Waals surface area contributed by atoms with E-state index >= 15 is 0 Å². The summed E-state index contributed by atoms with van der Waals surface area (Å²) in [7, 11) is -1.82. The molecule has 9 heteroatoms. The van der Waals surface area contributed by atoms with Crippen molar-refractivity contribution in [1.82, 2.24) is 13.5 Å². The first-order chi connectivity index (χ1) is 15.4. The van der Waals surface area contributed by atoms with Gasteiger partial charge in [-0.3, -0.25) is 4.79 Å². The van der Waals surface area contributed by atoms with Crippen molar-refractivity contribution in [2.45, 2.75) is 51.0 Å². The first-order valence-electron chi connectivity index (χ1n) is 11.9. The molecule has 32 heavy (non-hydrogen) atoms. The molecule has 1 atom stereocenters. The Hall–Kier alpha value is -1.35. The molecule has 1 saturated carbocycles. The summed E-state index contributed by atoms with van der Waals surface area (Å²) in [4.78, 5) is 17.4. The molecule has 1 aromatic carbocycles. The lowest BCUT2D eigenvalue weighted by molar-refractivity contribution is -0.137. The van der Waals surface area contributed by atoms with Gasteiger partial charge in [0.2, 0.25) is 5.91 Å². The highest BCUT2D eigenvalue weighted by Gasteiger charge is 2.38. The topological polar surface area (TPSA) is 64.2 Å². The van der Waals surface area contributed by atoms with E-state index < -0.39 is 10.2 Å². The van der Waals surface area contributed by atoms with Crippen LogP contribution in [0.2, 0.25) is 5.02 Å². The number of hydrogen-bond acceptors (Lipinski definition) is 4. The third kappa shape index (κ3) is 5.24. The van der Waals surface area contributed by atoms with E-state index in [0.717, 1.165) is 57.3 Å². The summed E-state index contributed by atoms with van der Waals surface area (Å²) in [5, 5.41) is 0.716. The van der Waals surface area contributed by atoms with Crippen LogP contribution in [0.5, 0.6) is 0 Å². The molecule has 0 radical (unpaired) electrons. The van der Waals surface area contributed by atoms with Crippen LogP contribution in [0.4, 0.5) is 5.69 Å². The van der Waals surface area contributed by atoms with E-state index in [1.54, 1.807) is 15.7 Å². The van der Waals surface area contributed by atoms with E-state index in [-0.39, 0.29) is 17.9 Å². The summed E-state index contributed by atoms with van der Waals surface area (Å²) >= 11 is 5.99. The molecule has 0 spiro atoms. The molecule has 3 fully saturated rings. The lowest BCUT2D eigenvalue weighted by atomic mass is 9.96. The fraction of sp³-hybridized carbons (Fsp3) is 0.696. The highest BCUT2D eigenvalue weighted by atomic mass is 35.5. The molecule has 0 aromatic heterocycles. The lowest BCUT2D eigenvalue weighted by Crippen LogP contribution is -2.55. The van der Waals surface area contributed by atoms with Gasteiger partial charge in [-0.25, -0.2) is 0 Å². The smallest absolute Gasteiger partial charge is 0.281 e. The van der Waals surface area contributed by atoms with Gasteiger partial charge < -0.3 is 9.80 Å². The van der Waals surface area contributed by atoms with Crippen molar-refractivity contribution in [2.24, 2.45) is 5.92 Å². The maximum Gasteiger partial charge on any atom is 0.281 e. The maximum atomic E-state index is 13.3. The molecule has 2 heterocycles. The van der Waals surface area contributed by atoms with Crippen molar-refractivity contribution in [2.75, 3.05) is 51.2 Å². The molecular formula is C23H35ClN4O3S. The Morgan fingerprint density at radius 3 is 2.25 bits per heavy atom. The zero-order chi connectivity index (χ0) is 22.7. The normalized spacial score (nSPS) is 24.2. The quantitative estimate of drug-likeness (QED) is 0.646. The summed E-state index contributed by atoms with van der Waals surface area (Å²) in [6, 6.07) is 7.87. The Bertz CT molecular complexity index is 881. The molecule has 0 N–H and O–H groups in total. The molecule has 2 saturated heterocycles. The van der Waals surface area contributed by atoms with Crippen molar-refractivity contribution in [3.05, 3.63) is 29.3 Å². The minimum atomic E-state index is -3.53. The Kier molecular flexibility index (Phi) is 7.65. The standard InChI is InChI=1S/C23H35ClN4O3S/c1-25(21-7-3-2-4-8-21)32(30,31)28-13-5-6-19(18-28)23(29)27-16-14-26(15-17-27)22-11-9-20(24)10-12-22/h9-12,19,21H,2-8,13-18H2,1H3/t19-/m0/s1. The van der Waals surface area contributed by atoms with Gasteiger partial charge in [0.1, 0.15) is 0 Å². The Morgan fingerprint density at radius 2 is 1.59 bits per heavy atom. The van der Waals surface area contributed by atoms with Gasteiger partial charge in [0.15, 0.2) is 0 Å². The highest BCUT2D eigenvalue weighted by Crippen LogP contribution is 2.28. The molecule has 178 valence electrons. The van der Waals surface area contributed by atoms with Gasteiger partial charge >= 0.3 is 0 Å². The predicted molar refractivity (Wildman–Crippen MR) is 128 cm³/mol. The number of rotatable bonds is 5. The van der Waals surface area contributed by atoms with Crippen LogP contribution in [0.3, 0.4) is 0 Å². The molecule has 0 unspecified atom stereocenters. The number of hydrogen-bond donors (Lipinski definition) is 0. The van der Waals surface area contributed by atoms with Gasteiger partial charge in [0.05, 0.1) is 5.92 Å². The first kappa shape index (κ1) is 23.8. The minimum absolute atomic E-state index is 0.0887. The summed E-state index contributed by atoms with van der Waals surface area (Å²) in [5.41, 5.74) is 1.11. The maximum absolute atomic E-state index is 13.3. The van der Waals surface area contributed by atoms with Crippen molar-refractivity contribution in [3.8, 4) is 0 Å². The molecule has 1 aliphatic carbocycles. The lowest BCUT2D eigenvalue weighted by Gasteiger charge is -2.40. The fourth-order valence-electron chi connectivity index (χ4n) is 5.26. The zero-order valence-electron chi connectivity index (χ0n) is 19.0. The Balaban J connectivity index is 1.34. The number of benzene rings is 1. The summed E-state index contributed by atoms with van der Waals surface area (Å²) < 4.78 is 29.7. The number of amides is 1. The van der Waals surface area contributed by atoms with Gasteiger partial charge in [-0.05, 0) is 49.9 Å². The van der Waals surface area contributed by atoms with E-state index in [9.17, 15) is 13.2 Å². The average Bonchev–Trinajstić information content (AvgIpc) is 2.84. The third-order valence-corrected chi connectivity index (χ3v) is 9.56. The van der Waals surface area contributed by atoms with Crippen LogP contribution in [0.1, 0.15) is 44.9 Å². The van der Waals surface area contributed by atoms with Gasteiger partial charge in [-0.2, -0.15) is 17.0 Å². The minimum Gasteiger partial charge on any atom is -0.368 e. The van der Waals surface area contributed by atoms with Crippen molar-refractivity contribution in [3.63, 3.8) is 0 Å². The van der Waals surface area contributed by atoms with Crippen LogP contribution in [0, 0.1) is 5.92 Å². The van der Waals surface area contributed by atoms with E-state index in [0.29, 0.717) is 31.2 Å². The molecular weight excluding hydrogens is 448 g/mol. The highest BCUT2D eigenvalue weighted by molar-refractivity contribution is 7.86. The molecule has 3 aliphatic rings. The zero-order valence-corrected chi connectivity index (χ0v) is 20.5. The van der Waals surface area contributed by atoms with Crippen molar-refractivity contribution < 1.29 is 13.2 Å². The molecule has 7 nitrogen and oxygen atoms in total. The summed E-state index contributed by atoms with van der Waals surface area (Å²) in [6.07, 6.45) is 6.74. The molecule has 0 bridgehead atoms. The Morgan fingerprint density at radius 1 is 0.938 bits per heavy atom. The monoisotopic (exact) mass is 482 g/mol. The van der Waals surface area contributed by atoms with Gasteiger partial charge in [0, 0.05) is 63.1 Å². The van der Waals surface area contributed by atoms with Gasteiger partial charge in [0.25, 0.3) is 10.2 Å². The molecule has 1 aromatic rings. The number of piperidine rings is 1. The number of halogens is 1. The van der Waals surface area contributed by atoms with Gasteiger partial charge in [-0.1, -0.05) is 30.9 Å². The van der Waals surface area contributed by atoms with Crippen molar-refractivity contribution >= 4 is 33.4 Å². The average molecular weight is 483 g/mol. The third-order valence-electron chi connectivity index (χ3n) is 7.30. The first-order valence-corrected chi connectivity index (χ1v) is 13.7.